The Kier molecular flexibility index (Phi) is 5.95. The van der Waals surface area contributed by atoms with Crippen LogP contribution in [0.5, 0.6) is 11.5 Å². The molecule has 0 bridgehead atoms. The molecular formula is C24H28N4O3. The van der Waals surface area contributed by atoms with E-state index in [0.29, 0.717) is 18.8 Å². The summed E-state index contributed by atoms with van der Waals surface area (Å²) in [6.45, 7) is 5.73. The zero-order valence-corrected chi connectivity index (χ0v) is 18.4. The Morgan fingerprint density at radius 3 is 2.42 bits per heavy atom. The lowest BCUT2D eigenvalue weighted by Gasteiger charge is -2.29. The number of aryl methyl sites for hydroxylation is 1. The molecule has 1 aromatic heterocycles. The van der Waals surface area contributed by atoms with Crippen molar-refractivity contribution in [1.29, 1.82) is 0 Å². The summed E-state index contributed by atoms with van der Waals surface area (Å²) >= 11 is 0. The fourth-order valence-corrected chi connectivity index (χ4v) is 4.10. The summed E-state index contributed by atoms with van der Waals surface area (Å²) in [5.74, 6) is 1.42. The number of rotatable bonds is 6. The van der Waals surface area contributed by atoms with Crippen LogP contribution in [0.3, 0.4) is 0 Å². The fourth-order valence-electron chi connectivity index (χ4n) is 4.10. The van der Waals surface area contributed by atoms with E-state index in [-0.39, 0.29) is 5.91 Å². The number of fused-ring (bicyclic) bond motifs is 1. The van der Waals surface area contributed by atoms with Crippen molar-refractivity contribution in [2.75, 3.05) is 32.6 Å². The number of para-hydroxylation sites is 1. The summed E-state index contributed by atoms with van der Waals surface area (Å²) in [4.78, 5) is 15.0. The van der Waals surface area contributed by atoms with E-state index in [1.165, 1.54) is 11.1 Å². The topological polar surface area (TPSA) is 68.6 Å². The first kappa shape index (κ1) is 20.9. The van der Waals surface area contributed by atoms with Gasteiger partial charge in [-0.3, -0.25) is 9.69 Å². The number of carbonyl (C=O) groups is 1. The van der Waals surface area contributed by atoms with Crippen LogP contribution in [0.2, 0.25) is 0 Å². The van der Waals surface area contributed by atoms with E-state index in [9.17, 15) is 4.79 Å². The SMILES string of the molecule is COc1cc2c(cc1OC)CN(CC(=O)Nc1c(C)nn(-c3ccccc3)c1C)CC2. The molecule has 0 fully saturated rings. The highest BCUT2D eigenvalue weighted by Crippen LogP contribution is 2.33. The molecule has 0 saturated heterocycles. The maximum Gasteiger partial charge on any atom is 0.238 e. The van der Waals surface area contributed by atoms with Crippen molar-refractivity contribution >= 4 is 11.6 Å². The lowest BCUT2D eigenvalue weighted by molar-refractivity contribution is -0.117. The molecule has 0 aliphatic carbocycles. The highest BCUT2D eigenvalue weighted by molar-refractivity contribution is 5.93. The number of anilines is 1. The van der Waals surface area contributed by atoms with Gasteiger partial charge in [-0.15, -0.1) is 0 Å². The predicted molar refractivity (Wildman–Crippen MR) is 120 cm³/mol. The number of nitrogens with zero attached hydrogens (tertiary/aromatic N) is 3. The van der Waals surface area contributed by atoms with Gasteiger partial charge in [-0.25, -0.2) is 4.68 Å². The summed E-state index contributed by atoms with van der Waals surface area (Å²) in [5.41, 5.74) is 5.87. The van der Waals surface area contributed by atoms with Crippen LogP contribution in [-0.4, -0.2) is 47.9 Å². The molecule has 1 aliphatic heterocycles. The van der Waals surface area contributed by atoms with E-state index < -0.39 is 0 Å². The lowest BCUT2D eigenvalue weighted by Crippen LogP contribution is -2.37. The first-order chi connectivity index (χ1) is 15.0. The third-order valence-electron chi connectivity index (χ3n) is 5.72. The Hall–Kier alpha value is -3.32. The Morgan fingerprint density at radius 1 is 1.06 bits per heavy atom. The Balaban J connectivity index is 1.45. The molecular weight excluding hydrogens is 392 g/mol. The van der Waals surface area contributed by atoms with Crippen LogP contribution in [0, 0.1) is 13.8 Å². The molecule has 4 rings (SSSR count). The van der Waals surface area contributed by atoms with Gasteiger partial charge in [0.2, 0.25) is 5.91 Å². The second kappa shape index (κ2) is 8.81. The number of hydrogen-bond donors (Lipinski definition) is 1. The Labute approximate surface area is 182 Å². The van der Waals surface area contributed by atoms with Crippen molar-refractivity contribution < 1.29 is 14.3 Å². The molecule has 0 atom stereocenters. The molecule has 0 radical (unpaired) electrons. The number of ether oxygens (including phenoxy) is 2. The van der Waals surface area contributed by atoms with Crippen molar-refractivity contribution in [2.24, 2.45) is 0 Å². The van der Waals surface area contributed by atoms with Crippen molar-refractivity contribution in [3.8, 4) is 17.2 Å². The summed E-state index contributed by atoms with van der Waals surface area (Å²) in [5, 5.41) is 7.68. The second-order valence-corrected chi connectivity index (χ2v) is 7.78. The van der Waals surface area contributed by atoms with E-state index >= 15 is 0 Å². The molecule has 0 spiro atoms. The molecule has 3 aromatic rings. The highest BCUT2D eigenvalue weighted by atomic mass is 16.5. The summed E-state index contributed by atoms with van der Waals surface area (Å²) < 4.78 is 12.7. The lowest BCUT2D eigenvalue weighted by atomic mass is 9.99. The summed E-state index contributed by atoms with van der Waals surface area (Å²) in [7, 11) is 3.28. The average molecular weight is 421 g/mol. The monoisotopic (exact) mass is 420 g/mol. The van der Waals surface area contributed by atoms with Gasteiger partial charge in [-0.2, -0.15) is 5.10 Å². The van der Waals surface area contributed by atoms with E-state index in [0.717, 1.165) is 41.5 Å². The third-order valence-corrected chi connectivity index (χ3v) is 5.72. The molecule has 0 saturated carbocycles. The molecule has 2 aromatic carbocycles. The largest absolute Gasteiger partial charge is 0.493 e. The van der Waals surface area contributed by atoms with Crippen LogP contribution in [0.15, 0.2) is 42.5 Å². The van der Waals surface area contributed by atoms with E-state index in [1.807, 2.05) is 61.0 Å². The number of carbonyl (C=O) groups excluding carboxylic acids is 1. The zero-order chi connectivity index (χ0) is 22.0. The maximum absolute atomic E-state index is 12.8. The Morgan fingerprint density at radius 2 is 1.74 bits per heavy atom. The van der Waals surface area contributed by atoms with Gasteiger partial charge in [0.05, 0.1) is 43.5 Å². The number of methoxy groups -OCH3 is 2. The number of nitrogens with one attached hydrogen (secondary N) is 1. The average Bonchev–Trinajstić information content (AvgIpc) is 3.06. The van der Waals surface area contributed by atoms with Crippen LogP contribution >= 0.6 is 0 Å². The van der Waals surface area contributed by atoms with Crippen molar-refractivity contribution in [3.05, 3.63) is 65.0 Å². The first-order valence-corrected chi connectivity index (χ1v) is 10.4. The van der Waals surface area contributed by atoms with Crippen molar-refractivity contribution in [2.45, 2.75) is 26.8 Å². The standard InChI is InChI=1S/C24H28N4O3/c1-16-24(17(2)28(26-16)20-8-6-5-7-9-20)25-23(29)15-27-11-10-18-12-21(30-3)22(31-4)13-19(18)14-27/h5-9,12-13H,10-11,14-15H2,1-4H3,(H,25,29). The van der Waals surface area contributed by atoms with Gasteiger partial charge >= 0.3 is 0 Å². The van der Waals surface area contributed by atoms with Crippen LogP contribution < -0.4 is 14.8 Å². The second-order valence-electron chi connectivity index (χ2n) is 7.78. The zero-order valence-electron chi connectivity index (χ0n) is 18.4. The molecule has 2 heterocycles. The van der Waals surface area contributed by atoms with Gasteiger partial charge < -0.3 is 14.8 Å². The van der Waals surface area contributed by atoms with Gasteiger partial charge in [-0.1, -0.05) is 18.2 Å². The smallest absolute Gasteiger partial charge is 0.238 e. The maximum atomic E-state index is 12.8. The predicted octanol–water partition coefficient (Wildman–Crippen LogP) is 3.50. The third kappa shape index (κ3) is 4.27. The number of benzene rings is 2. The molecule has 0 unspecified atom stereocenters. The Bertz CT molecular complexity index is 1090. The molecule has 31 heavy (non-hydrogen) atoms. The van der Waals surface area contributed by atoms with Gasteiger partial charge in [0.15, 0.2) is 11.5 Å². The number of amides is 1. The summed E-state index contributed by atoms with van der Waals surface area (Å²) in [6, 6.07) is 14.0. The quantitative estimate of drug-likeness (QED) is 0.661. The van der Waals surface area contributed by atoms with Gasteiger partial charge in [0.25, 0.3) is 0 Å². The minimum absolute atomic E-state index is 0.0391. The van der Waals surface area contributed by atoms with Crippen LogP contribution in [0.1, 0.15) is 22.5 Å². The van der Waals surface area contributed by atoms with Gasteiger partial charge in [0.1, 0.15) is 0 Å². The molecule has 162 valence electrons. The van der Waals surface area contributed by atoms with Crippen LogP contribution in [-0.2, 0) is 17.8 Å². The van der Waals surface area contributed by atoms with Crippen LogP contribution in [0.25, 0.3) is 5.69 Å². The number of aromatic nitrogens is 2. The molecule has 1 amide bonds. The minimum atomic E-state index is -0.0391. The molecule has 7 heteroatoms. The van der Waals surface area contributed by atoms with Crippen LogP contribution in [0.4, 0.5) is 5.69 Å². The molecule has 1 N–H and O–H groups in total. The van der Waals surface area contributed by atoms with E-state index in [4.69, 9.17) is 9.47 Å². The number of hydrogen-bond acceptors (Lipinski definition) is 5. The van der Waals surface area contributed by atoms with E-state index in [1.54, 1.807) is 14.2 Å². The minimum Gasteiger partial charge on any atom is -0.493 e. The first-order valence-electron chi connectivity index (χ1n) is 10.4. The van der Waals surface area contributed by atoms with Crippen molar-refractivity contribution in [3.63, 3.8) is 0 Å². The summed E-state index contributed by atoms with van der Waals surface area (Å²) in [6.07, 6.45) is 0.868. The fraction of sp³-hybridized carbons (Fsp3) is 0.333. The molecule has 1 aliphatic rings. The highest BCUT2D eigenvalue weighted by Gasteiger charge is 2.22. The molecule has 7 nitrogen and oxygen atoms in total. The normalized spacial score (nSPS) is 13.5. The van der Waals surface area contributed by atoms with Gasteiger partial charge in [0, 0.05) is 13.1 Å². The van der Waals surface area contributed by atoms with Gasteiger partial charge in [-0.05, 0) is 55.7 Å². The van der Waals surface area contributed by atoms with Crippen molar-refractivity contribution in [1.82, 2.24) is 14.7 Å². The van der Waals surface area contributed by atoms with E-state index in [2.05, 4.69) is 15.3 Å².